The molecule has 0 radical (unpaired) electrons. The van der Waals surface area contributed by atoms with Crippen LogP contribution < -0.4 is 5.32 Å². The normalized spacial score (nSPS) is 18.6. The Morgan fingerprint density at radius 3 is 2.21 bits per heavy atom. The fourth-order valence-corrected chi connectivity index (χ4v) is 3.74. The molecule has 0 saturated heterocycles. The molecule has 28 heavy (non-hydrogen) atoms. The van der Waals surface area contributed by atoms with Gasteiger partial charge in [-0.2, -0.15) is 0 Å². The number of aryl methyl sites for hydroxylation is 2. The number of rotatable bonds is 5. The molecule has 3 aromatic rings. The maximum atomic E-state index is 13.8. The first-order chi connectivity index (χ1) is 13.6. The van der Waals surface area contributed by atoms with Crippen molar-refractivity contribution in [3.05, 3.63) is 107 Å². The van der Waals surface area contributed by atoms with Gasteiger partial charge in [0.25, 0.3) is 0 Å². The number of amidine groups is 1. The third-order valence-electron chi connectivity index (χ3n) is 5.22. The van der Waals surface area contributed by atoms with E-state index in [9.17, 15) is 8.78 Å². The lowest BCUT2D eigenvalue weighted by molar-refractivity contribution is 0.555. The number of nitrogens with one attached hydrogen (secondary N) is 1. The standard InChI is InChI=1S/C24H22F2N2/c1-16-6-2-3-7-17(16)12-13-22-27-23(18-8-4-10-20(25)14-18)24(28-22)19-9-5-11-21(26)15-19/h2-11,14-15,23-24H,12-13H2,1H3,(H,27,28). The fourth-order valence-electron chi connectivity index (χ4n) is 3.74. The van der Waals surface area contributed by atoms with Crippen LogP contribution in [0.2, 0.25) is 0 Å². The van der Waals surface area contributed by atoms with Crippen molar-refractivity contribution in [2.45, 2.75) is 31.8 Å². The number of hydrogen-bond donors (Lipinski definition) is 1. The molecule has 3 aromatic carbocycles. The lowest BCUT2D eigenvalue weighted by Gasteiger charge is -2.20. The Labute approximate surface area is 164 Å². The minimum absolute atomic E-state index is 0.218. The summed E-state index contributed by atoms with van der Waals surface area (Å²) in [5.41, 5.74) is 4.13. The quantitative estimate of drug-likeness (QED) is 0.608. The van der Waals surface area contributed by atoms with Gasteiger partial charge in [-0.05, 0) is 59.9 Å². The maximum absolute atomic E-state index is 13.8. The summed E-state index contributed by atoms with van der Waals surface area (Å²) in [6, 6.07) is 20.8. The van der Waals surface area contributed by atoms with Gasteiger partial charge in [0.2, 0.25) is 0 Å². The zero-order chi connectivity index (χ0) is 19.5. The van der Waals surface area contributed by atoms with Gasteiger partial charge in [-0.1, -0.05) is 48.5 Å². The molecular weight excluding hydrogens is 354 g/mol. The van der Waals surface area contributed by atoms with Gasteiger partial charge < -0.3 is 5.32 Å². The molecule has 0 aliphatic carbocycles. The second kappa shape index (κ2) is 7.93. The van der Waals surface area contributed by atoms with E-state index in [0.717, 1.165) is 29.8 Å². The SMILES string of the molecule is Cc1ccccc1CCC1=NC(c2cccc(F)c2)C(c2cccc(F)c2)N1. The van der Waals surface area contributed by atoms with Gasteiger partial charge in [0.15, 0.2) is 0 Å². The van der Waals surface area contributed by atoms with Crippen LogP contribution in [-0.4, -0.2) is 5.84 Å². The molecule has 0 spiro atoms. The molecule has 0 bridgehead atoms. The predicted molar refractivity (Wildman–Crippen MR) is 108 cm³/mol. The lowest BCUT2D eigenvalue weighted by Crippen LogP contribution is -2.25. The molecule has 0 saturated carbocycles. The molecule has 2 nitrogen and oxygen atoms in total. The van der Waals surface area contributed by atoms with E-state index in [0.29, 0.717) is 0 Å². The van der Waals surface area contributed by atoms with Crippen LogP contribution in [-0.2, 0) is 6.42 Å². The summed E-state index contributed by atoms with van der Waals surface area (Å²) in [4.78, 5) is 4.85. The van der Waals surface area contributed by atoms with Gasteiger partial charge in [-0.25, -0.2) is 8.78 Å². The second-order valence-electron chi connectivity index (χ2n) is 7.18. The average Bonchev–Trinajstić information content (AvgIpc) is 3.12. The smallest absolute Gasteiger partial charge is 0.123 e. The van der Waals surface area contributed by atoms with E-state index in [1.807, 2.05) is 24.3 Å². The molecule has 0 fully saturated rings. The number of halogens is 2. The Kier molecular flexibility index (Phi) is 5.20. The van der Waals surface area contributed by atoms with Crippen molar-refractivity contribution in [3.63, 3.8) is 0 Å². The molecule has 142 valence electrons. The van der Waals surface area contributed by atoms with Crippen LogP contribution in [0.15, 0.2) is 77.8 Å². The number of aliphatic imine (C=N–C) groups is 1. The zero-order valence-electron chi connectivity index (χ0n) is 15.7. The summed E-state index contributed by atoms with van der Waals surface area (Å²) in [7, 11) is 0. The Morgan fingerprint density at radius 1 is 0.821 bits per heavy atom. The largest absolute Gasteiger partial charge is 0.364 e. The third kappa shape index (κ3) is 3.96. The highest BCUT2D eigenvalue weighted by atomic mass is 19.1. The van der Waals surface area contributed by atoms with Gasteiger partial charge in [0.1, 0.15) is 17.7 Å². The summed E-state index contributed by atoms with van der Waals surface area (Å²) in [5.74, 6) is 0.288. The average molecular weight is 376 g/mol. The fraction of sp³-hybridized carbons (Fsp3) is 0.208. The molecule has 1 heterocycles. The van der Waals surface area contributed by atoms with Crippen molar-refractivity contribution in [1.82, 2.24) is 5.32 Å². The Bertz CT molecular complexity index is 1010. The van der Waals surface area contributed by atoms with Crippen LogP contribution in [0.3, 0.4) is 0 Å². The molecule has 4 rings (SSSR count). The highest BCUT2D eigenvalue weighted by Gasteiger charge is 2.31. The monoisotopic (exact) mass is 376 g/mol. The van der Waals surface area contributed by atoms with Gasteiger partial charge in [-0.15, -0.1) is 0 Å². The first kappa shape index (κ1) is 18.4. The summed E-state index contributed by atoms with van der Waals surface area (Å²) < 4.78 is 27.6. The Balaban J connectivity index is 1.61. The van der Waals surface area contributed by atoms with Crippen molar-refractivity contribution in [2.75, 3.05) is 0 Å². The predicted octanol–water partition coefficient (Wildman–Crippen LogP) is 5.69. The molecular formula is C24H22F2N2. The number of hydrogen-bond acceptors (Lipinski definition) is 2. The van der Waals surface area contributed by atoms with E-state index >= 15 is 0 Å². The highest BCUT2D eigenvalue weighted by Crippen LogP contribution is 2.37. The highest BCUT2D eigenvalue weighted by molar-refractivity contribution is 5.85. The third-order valence-corrected chi connectivity index (χ3v) is 5.22. The second-order valence-corrected chi connectivity index (χ2v) is 7.18. The summed E-state index contributed by atoms with van der Waals surface area (Å²) in [5, 5.41) is 3.45. The van der Waals surface area contributed by atoms with Crippen molar-refractivity contribution >= 4 is 5.84 Å². The van der Waals surface area contributed by atoms with Crippen LogP contribution >= 0.6 is 0 Å². The van der Waals surface area contributed by atoms with Crippen molar-refractivity contribution in [3.8, 4) is 0 Å². The molecule has 2 atom stereocenters. The van der Waals surface area contributed by atoms with E-state index in [1.54, 1.807) is 12.1 Å². The Hall–Kier alpha value is -3.01. The number of nitrogens with zero attached hydrogens (tertiary/aromatic N) is 1. The molecule has 1 N–H and O–H groups in total. The zero-order valence-corrected chi connectivity index (χ0v) is 15.7. The van der Waals surface area contributed by atoms with E-state index in [-0.39, 0.29) is 23.7 Å². The molecule has 1 aliphatic rings. The van der Waals surface area contributed by atoms with Gasteiger partial charge in [0.05, 0.1) is 11.9 Å². The van der Waals surface area contributed by atoms with E-state index < -0.39 is 0 Å². The van der Waals surface area contributed by atoms with Gasteiger partial charge in [-0.3, -0.25) is 4.99 Å². The summed E-state index contributed by atoms with van der Waals surface area (Å²) >= 11 is 0. The number of benzene rings is 3. The van der Waals surface area contributed by atoms with E-state index in [2.05, 4.69) is 24.4 Å². The topological polar surface area (TPSA) is 24.4 Å². The molecule has 4 heteroatoms. The van der Waals surface area contributed by atoms with Crippen molar-refractivity contribution < 1.29 is 8.78 Å². The lowest BCUT2D eigenvalue weighted by atomic mass is 9.95. The Morgan fingerprint density at radius 2 is 1.50 bits per heavy atom. The van der Waals surface area contributed by atoms with Gasteiger partial charge in [0, 0.05) is 6.42 Å². The van der Waals surface area contributed by atoms with Gasteiger partial charge >= 0.3 is 0 Å². The molecule has 1 aliphatic heterocycles. The molecule has 0 amide bonds. The minimum Gasteiger partial charge on any atom is -0.364 e. The van der Waals surface area contributed by atoms with Crippen molar-refractivity contribution in [1.29, 1.82) is 0 Å². The van der Waals surface area contributed by atoms with Crippen LogP contribution in [0.25, 0.3) is 0 Å². The van der Waals surface area contributed by atoms with E-state index in [4.69, 9.17) is 4.99 Å². The van der Waals surface area contributed by atoms with Crippen LogP contribution in [0, 0.1) is 18.6 Å². The summed E-state index contributed by atoms with van der Waals surface area (Å²) in [6.45, 7) is 2.10. The minimum atomic E-state index is -0.293. The van der Waals surface area contributed by atoms with Crippen LogP contribution in [0.1, 0.15) is 40.8 Å². The summed E-state index contributed by atoms with van der Waals surface area (Å²) in [6.07, 6.45) is 1.62. The van der Waals surface area contributed by atoms with Crippen LogP contribution in [0.4, 0.5) is 8.78 Å². The van der Waals surface area contributed by atoms with Crippen molar-refractivity contribution in [2.24, 2.45) is 4.99 Å². The van der Waals surface area contributed by atoms with Crippen LogP contribution in [0.5, 0.6) is 0 Å². The first-order valence-corrected chi connectivity index (χ1v) is 9.49. The maximum Gasteiger partial charge on any atom is 0.123 e. The first-order valence-electron chi connectivity index (χ1n) is 9.49. The molecule has 2 unspecified atom stereocenters. The van der Waals surface area contributed by atoms with E-state index in [1.165, 1.54) is 35.4 Å². The molecule has 0 aromatic heterocycles.